The van der Waals surface area contributed by atoms with Crippen LogP contribution < -0.4 is 15.8 Å². The summed E-state index contributed by atoms with van der Waals surface area (Å²) in [5.74, 6) is -0.371. The van der Waals surface area contributed by atoms with Gasteiger partial charge >= 0.3 is 6.09 Å². The highest BCUT2D eigenvalue weighted by Gasteiger charge is 2.32. The molecule has 1 N–H and O–H groups in total. The average Bonchev–Trinajstić information content (AvgIpc) is 3.38. The number of anilines is 1. The molecular weight excluding hydrogens is 421 g/mol. The van der Waals surface area contributed by atoms with Crippen molar-refractivity contribution < 1.29 is 13.9 Å². The maximum absolute atomic E-state index is 14.6. The molecule has 1 saturated heterocycles. The summed E-state index contributed by atoms with van der Waals surface area (Å²) in [6.07, 6.45) is 2.28. The van der Waals surface area contributed by atoms with Crippen molar-refractivity contribution in [2.24, 2.45) is 0 Å². The van der Waals surface area contributed by atoms with Crippen molar-refractivity contribution in [2.75, 3.05) is 24.5 Å². The molecule has 0 unspecified atom stereocenters. The summed E-state index contributed by atoms with van der Waals surface area (Å²) in [6, 6.07) is 14.6. The van der Waals surface area contributed by atoms with Gasteiger partial charge in [0, 0.05) is 36.3 Å². The predicted octanol–water partition coefficient (Wildman–Crippen LogP) is 4.20. The Balaban J connectivity index is 1.16. The van der Waals surface area contributed by atoms with Gasteiger partial charge in [-0.15, -0.1) is 0 Å². The van der Waals surface area contributed by atoms with E-state index in [1.807, 2.05) is 12.1 Å². The zero-order valence-electron chi connectivity index (χ0n) is 18.7. The number of carbonyl (C=O) groups is 1. The van der Waals surface area contributed by atoms with Crippen LogP contribution in [0, 0.1) is 5.82 Å². The predicted molar refractivity (Wildman–Crippen MR) is 126 cm³/mol. The molecule has 5 rings (SSSR count). The van der Waals surface area contributed by atoms with Crippen LogP contribution in [-0.2, 0) is 17.7 Å². The van der Waals surface area contributed by atoms with Gasteiger partial charge in [-0.1, -0.05) is 25.5 Å². The largest absolute Gasteiger partial charge is 0.444 e. The molecule has 0 radical (unpaired) electrons. The van der Waals surface area contributed by atoms with E-state index < -0.39 is 0 Å². The van der Waals surface area contributed by atoms with E-state index in [0.717, 1.165) is 23.9 Å². The van der Waals surface area contributed by atoms with Crippen molar-refractivity contribution in [2.45, 2.75) is 44.8 Å². The second-order valence-corrected chi connectivity index (χ2v) is 8.90. The standard InChI is InChI=1S/C26H28FN3O3/c1-2-3-17-4-8-20(9-5-17)29-16-21(33-26(29)32)12-13-28-14-19-15-30-23(31)11-7-18-6-10-22(27)24(19)25(18)30/h4-11,19,21,28H,2-3,12-16H2,1H3/t19-,21+/m0/s1. The first-order chi connectivity index (χ1) is 16.0. The Bertz CT molecular complexity index is 1240. The number of rotatable bonds is 8. The third-order valence-corrected chi connectivity index (χ3v) is 6.64. The zero-order valence-corrected chi connectivity index (χ0v) is 18.7. The monoisotopic (exact) mass is 449 g/mol. The molecule has 6 nitrogen and oxygen atoms in total. The summed E-state index contributed by atoms with van der Waals surface area (Å²) in [4.78, 5) is 26.3. The molecule has 3 heterocycles. The van der Waals surface area contributed by atoms with E-state index in [1.165, 1.54) is 17.7 Å². The fourth-order valence-electron chi connectivity index (χ4n) is 5.00. The van der Waals surface area contributed by atoms with E-state index in [2.05, 4.69) is 24.4 Å². The van der Waals surface area contributed by atoms with Crippen LogP contribution in [0.1, 0.15) is 36.8 Å². The number of benzene rings is 2. The van der Waals surface area contributed by atoms with Gasteiger partial charge in [0.05, 0.1) is 12.1 Å². The first-order valence-electron chi connectivity index (χ1n) is 11.6. The number of nitrogens with one attached hydrogen (secondary N) is 1. The van der Waals surface area contributed by atoms with Gasteiger partial charge in [-0.05, 0) is 60.7 Å². The molecule has 0 saturated carbocycles. The molecule has 1 amide bonds. The van der Waals surface area contributed by atoms with Crippen molar-refractivity contribution in [1.82, 2.24) is 9.88 Å². The second-order valence-electron chi connectivity index (χ2n) is 8.90. The van der Waals surface area contributed by atoms with Gasteiger partial charge in [0.2, 0.25) is 0 Å². The first kappa shape index (κ1) is 21.6. The van der Waals surface area contributed by atoms with Crippen LogP contribution in [0.3, 0.4) is 0 Å². The van der Waals surface area contributed by atoms with Gasteiger partial charge in [0.25, 0.3) is 5.56 Å². The highest BCUT2D eigenvalue weighted by molar-refractivity contribution is 5.89. The molecule has 3 aromatic rings. The van der Waals surface area contributed by atoms with Gasteiger partial charge in [0.1, 0.15) is 11.9 Å². The minimum atomic E-state index is -0.317. The number of aromatic nitrogens is 1. The number of aryl methyl sites for hydroxylation is 1. The number of ether oxygens (including phenoxy) is 1. The molecule has 2 aliphatic heterocycles. The molecule has 0 spiro atoms. The van der Waals surface area contributed by atoms with Crippen LogP contribution in [0.25, 0.3) is 10.9 Å². The van der Waals surface area contributed by atoms with Crippen LogP contribution in [0.4, 0.5) is 14.9 Å². The van der Waals surface area contributed by atoms with Crippen LogP contribution in [0.2, 0.25) is 0 Å². The van der Waals surface area contributed by atoms with E-state index in [-0.39, 0.29) is 29.5 Å². The third kappa shape index (κ3) is 4.13. The normalized spacial score (nSPS) is 19.5. The van der Waals surface area contributed by atoms with Crippen molar-refractivity contribution in [1.29, 1.82) is 0 Å². The number of halogens is 1. The maximum Gasteiger partial charge on any atom is 0.414 e. The molecule has 2 aromatic carbocycles. The quantitative estimate of drug-likeness (QED) is 0.524. The molecule has 0 aliphatic carbocycles. The number of nitrogens with zero attached hydrogens (tertiary/aromatic N) is 2. The highest BCUT2D eigenvalue weighted by Crippen LogP contribution is 2.34. The van der Waals surface area contributed by atoms with Crippen molar-refractivity contribution in [3.8, 4) is 0 Å². The SMILES string of the molecule is CCCc1ccc(N2C[C@@H](CCNC[C@H]3Cn4c(=O)ccc5ccc(F)c3c54)OC2=O)cc1. The molecule has 1 fully saturated rings. The van der Waals surface area contributed by atoms with Crippen LogP contribution in [0.5, 0.6) is 0 Å². The smallest absolute Gasteiger partial charge is 0.414 e. The molecular formula is C26H28FN3O3. The lowest BCUT2D eigenvalue weighted by Crippen LogP contribution is -2.28. The van der Waals surface area contributed by atoms with Gasteiger partial charge in [0.15, 0.2) is 0 Å². The second kappa shape index (κ2) is 8.98. The highest BCUT2D eigenvalue weighted by atomic mass is 19.1. The molecule has 0 bridgehead atoms. The van der Waals surface area contributed by atoms with Crippen molar-refractivity contribution >= 4 is 22.7 Å². The van der Waals surface area contributed by atoms with E-state index in [4.69, 9.17) is 4.74 Å². The Morgan fingerprint density at radius 3 is 2.64 bits per heavy atom. The number of pyridine rings is 1. The van der Waals surface area contributed by atoms with Gasteiger partial charge in [-0.3, -0.25) is 9.69 Å². The molecule has 33 heavy (non-hydrogen) atoms. The first-order valence-corrected chi connectivity index (χ1v) is 11.6. The fourth-order valence-corrected chi connectivity index (χ4v) is 5.00. The zero-order chi connectivity index (χ0) is 22.9. The number of hydrogen-bond acceptors (Lipinski definition) is 4. The van der Waals surface area contributed by atoms with Gasteiger partial charge in [-0.25, -0.2) is 9.18 Å². The van der Waals surface area contributed by atoms with Crippen LogP contribution in [0.15, 0.2) is 53.3 Å². The summed E-state index contributed by atoms with van der Waals surface area (Å²) >= 11 is 0. The Hall–Kier alpha value is -3.19. The Kier molecular flexibility index (Phi) is 5.89. The Labute approximate surface area is 192 Å². The lowest BCUT2D eigenvalue weighted by molar-refractivity contribution is 0.136. The van der Waals surface area contributed by atoms with E-state index in [1.54, 1.807) is 21.6 Å². The molecule has 1 aromatic heterocycles. The Morgan fingerprint density at radius 1 is 1.06 bits per heavy atom. The Morgan fingerprint density at radius 2 is 1.85 bits per heavy atom. The lowest BCUT2D eigenvalue weighted by Gasteiger charge is -2.15. The van der Waals surface area contributed by atoms with E-state index in [9.17, 15) is 14.0 Å². The molecule has 2 aliphatic rings. The average molecular weight is 450 g/mol. The minimum Gasteiger partial charge on any atom is -0.444 e. The summed E-state index contributed by atoms with van der Waals surface area (Å²) in [5.41, 5.74) is 3.34. The minimum absolute atomic E-state index is 0.0995. The summed E-state index contributed by atoms with van der Waals surface area (Å²) in [6.45, 7) is 4.33. The third-order valence-electron chi connectivity index (χ3n) is 6.64. The number of amides is 1. The van der Waals surface area contributed by atoms with E-state index in [0.29, 0.717) is 43.7 Å². The molecule has 7 heteroatoms. The maximum atomic E-state index is 14.6. The summed E-state index contributed by atoms with van der Waals surface area (Å²) < 4.78 is 21.8. The summed E-state index contributed by atoms with van der Waals surface area (Å²) in [7, 11) is 0. The van der Waals surface area contributed by atoms with Crippen LogP contribution in [-0.4, -0.2) is 36.4 Å². The molecule has 172 valence electrons. The number of carbonyl (C=O) groups excluding carboxylic acids is 1. The summed E-state index contributed by atoms with van der Waals surface area (Å²) in [5, 5.41) is 4.26. The molecule has 2 atom stereocenters. The number of hydrogen-bond donors (Lipinski definition) is 1. The van der Waals surface area contributed by atoms with Gasteiger partial charge in [-0.2, -0.15) is 0 Å². The van der Waals surface area contributed by atoms with Gasteiger partial charge < -0.3 is 14.6 Å². The van der Waals surface area contributed by atoms with Crippen molar-refractivity contribution in [3.63, 3.8) is 0 Å². The lowest BCUT2D eigenvalue weighted by atomic mass is 9.99. The van der Waals surface area contributed by atoms with Crippen LogP contribution >= 0.6 is 0 Å². The van der Waals surface area contributed by atoms with E-state index >= 15 is 0 Å². The fraction of sp³-hybridized carbons (Fsp3) is 0.385. The van der Waals surface area contributed by atoms with Crippen molar-refractivity contribution in [3.05, 3.63) is 75.8 Å². The topological polar surface area (TPSA) is 63.6 Å². The number of cyclic esters (lactones) is 1.